The summed E-state index contributed by atoms with van der Waals surface area (Å²) >= 11 is 8.09. The van der Waals surface area contributed by atoms with E-state index >= 15 is 4.39 Å². The highest BCUT2D eigenvalue weighted by atomic mass is 32.7. The van der Waals surface area contributed by atoms with Crippen molar-refractivity contribution in [3.8, 4) is 0 Å². The first-order valence-electron chi connectivity index (χ1n) is 11.9. The monoisotopic (exact) mass is 649 g/mol. The molecule has 220 valence electrons. The fourth-order valence-corrected chi connectivity index (χ4v) is 7.59. The molecule has 2 aliphatic heterocycles. The summed E-state index contributed by atoms with van der Waals surface area (Å²) in [5, 5.41) is 0. The van der Waals surface area contributed by atoms with Crippen LogP contribution in [0, 0.1) is 0 Å². The molecule has 0 aromatic carbocycles. The Morgan fingerprint density at radius 1 is 1.15 bits per heavy atom. The van der Waals surface area contributed by atoms with Crippen LogP contribution in [0.5, 0.6) is 0 Å². The topological polar surface area (TPSA) is 213 Å². The van der Waals surface area contributed by atoms with Gasteiger partial charge in [0.05, 0.1) is 25.7 Å². The highest BCUT2D eigenvalue weighted by molar-refractivity contribution is 8.44. The van der Waals surface area contributed by atoms with Gasteiger partial charge in [0.15, 0.2) is 29.2 Å². The van der Waals surface area contributed by atoms with E-state index in [1.54, 1.807) is 4.57 Å². The maximum Gasteiger partial charge on any atom is 0.387 e. The number of halogens is 1. The minimum Gasteiger partial charge on any atom is -0.369 e. The lowest BCUT2D eigenvalue weighted by atomic mass is 10.1. The Labute approximate surface area is 239 Å². The van der Waals surface area contributed by atoms with Gasteiger partial charge in [-0.25, -0.2) is 33.5 Å². The molecule has 1 fully saturated rings. The molecule has 6 heterocycles. The van der Waals surface area contributed by atoms with Crippen LogP contribution in [0.1, 0.15) is 25.1 Å². The number of rotatable bonds is 1. The predicted molar refractivity (Wildman–Crippen MR) is 146 cm³/mol. The van der Waals surface area contributed by atoms with Crippen molar-refractivity contribution < 1.29 is 36.4 Å². The summed E-state index contributed by atoms with van der Waals surface area (Å²) in [5.41, 5.74) is 5.65. The Bertz CT molecular complexity index is 1790. The molecule has 6 rings (SSSR count). The smallest absolute Gasteiger partial charge is 0.369 e. The first-order chi connectivity index (χ1) is 19.4. The molecule has 1 saturated heterocycles. The Morgan fingerprint density at radius 2 is 1.95 bits per heavy atom. The first-order valence-corrected chi connectivity index (χ1v) is 17.3. The van der Waals surface area contributed by atoms with Gasteiger partial charge in [0.1, 0.15) is 36.0 Å². The highest BCUT2D eigenvalue weighted by Gasteiger charge is 2.51. The van der Waals surface area contributed by atoms with E-state index in [0.717, 1.165) is 6.33 Å². The third-order valence-electron chi connectivity index (χ3n) is 6.31. The second kappa shape index (κ2) is 10.7. The Hall–Kier alpha value is -2.41. The van der Waals surface area contributed by atoms with Crippen LogP contribution in [0.25, 0.3) is 22.3 Å². The molecular weight excluding hydrogens is 627 g/mol. The summed E-state index contributed by atoms with van der Waals surface area (Å²) in [6, 6.07) is 0. The zero-order valence-electron chi connectivity index (χ0n) is 20.9. The van der Waals surface area contributed by atoms with Crippen molar-refractivity contribution >= 4 is 66.4 Å². The molecule has 22 heteroatoms. The zero-order valence-corrected chi connectivity index (χ0v) is 24.5. The van der Waals surface area contributed by atoms with Gasteiger partial charge in [0, 0.05) is 6.54 Å². The van der Waals surface area contributed by atoms with Crippen LogP contribution in [-0.4, -0.2) is 70.6 Å². The number of thiol groups is 2. The van der Waals surface area contributed by atoms with E-state index in [1.165, 1.54) is 24.0 Å². The van der Waals surface area contributed by atoms with Crippen molar-refractivity contribution in [2.45, 2.75) is 44.2 Å². The van der Waals surface area contributed by atoms with Gasteiger partial charge in [0.2, 0.25) is 5.95 Å². The van der Waals surface area contributed by atoms with E-state index in [9.17, 15) is 13.9 Å². The maximum atomic E-state index is 15.9. The van der Waals surface area contributed by atoms with Crippen molar-refractivity contribution in [3.63, 3.8) is 0 Å². The van der Waals surface area contributed by atoms with Crippen molar-refractivity contribution in [1.82, 2.24) is 39.0 Å². The molecule has 0 saturated carbocycles. The summed E-state index contributed by atoms with van der Waals surface area (Å²) < 4.78 is 73.0. The summed E-state index contributed by atoms with van der Waals surface area (Å²) in [4.78, 5) is 35.3. The van der Waals surface area contributed by atoms with E-state index in [4.69, 9.17) is 28.6 Å². The fraction of sp³-hybridized carbons (Fsp3) is 0.474. The van der Waals surface area contributed by atoms with Gasteiger partial charge in [-0.05, 0) is 6.92 Å². The number of nitrogen functional groups attached to an aromatic ring is 1. The lowest BCUT2D eigenvalue weighted by Crippen LogP contribution is -2.32. The number of H-pyrrole nitrogens is 1. The number of alkyl halides is 1. The molecule has 4 aromatic heterocycles. The molecule has 41 heavy (non-hydrogen) atoms. The minimum absolute atomic E-state index is 0.0608. The first kappa shape index (κ1) is 28.7. The summed E-state index contributed by atoms with van der Waals surface area (Å²) in [5.74, 6) is 0.00350. The van der Waals surface area contributed by atoms with Crippen LogP contribution >= 0.6 is 38.1 Å². The van der Waals surface area contributed by atoms with Crippen LogP contribution in [-0.2, 0) is 38.5 Å². The largest absolute Gasteiger partial charge is 0.387 e. The van der Waals surface area contributed by atoms with Crippen molar-refractivity contribution in [2.75, 3.05) is 18.9 Å². The summed E-state index contributed by atoms with van der Waals surface area (Å²) in [7, 11) is 0. The number of nitrogens with zero attached hydrogens (tertiary/aromatic N) is 7. The Balaban J connectivity index is 1.40. The van der Waals surface area contributed by atoms with E-state index in [2.05, 4.69) is 54.4 Å². The van der Waals surface area contributed by atoms with Gasteiger partial charge in [-0.3, -0.25) is 32.4 Å². The molecule has 4 aromatic rings. The predicted octanol–water partition coefficient (Wildman–Crippen LogP) is 2.36. The maximum absolute atomic E-state index is 15.9. The molecule has 7 atom stereocenters. The van der Waals surface area contributed by atoms with Gasteiger partial charge < -0.3 is 15.0 Å². The highest BCUT2D eigenvalue weighted by Crippen LogP contribution is 2.60. The third kappa shape index (κ3) is 5.55. The SMILES string of the molecule is C[C@H]1OP(=O)(S)O[C@@H]2[C@H](F)C(COP(=O)(S)OCCn3c1nc1cncnc13)O[C@H]2n1cnc2c(=O)[nH]c(N)nc21. The number of aromatic amines is 1. The minimum atomic E-state index is -4.36. The average Bonchev–Trinajstić information content (AvgIpc) is 3.56. The lowest BCUT2D eigenvalue weighted by Gasteiger charge is -2.25. The van der Waals surface area contributed by atoms with Crippen molar-refractivity contribution in [2.24, 2.45) is 0 Å². The molecule has 2 aliphatic rings. The molecular formula is C19H22FN9O8P2S2. The van der Waals surface area contributed by atoms with E-state index < -0.39 is 56.5 Å². The van der Waals surface area contributed by atoms with Gasteiger partial charge in [0.25, 0.3) is 5.56 Å². The molecule has 2 bridgehead atoms. The molecule has 17 nitrogen and oxygen atoms in total. The van der Waals surface area contributed by atoms with Gasteiger partial charge in [-0.1, -0.05) is 24.5 Å². The van der Waals surface area contributed by atoms with Crippen LogP contribution < -0.4 is 11.3 Å². The third-order valence-corrected chi connectivity index (χ3v) is 9.65. The molecule has 0 radical (unpaired) electrons. The Morgan fingerprint density at radius 3 is 2.76 bits per heavy atom. The normalized spacial score (nSPS) is 33.4. The van der Waals surface area contributed by atoms with Crippen LogP contribution in [0.15, 0.2) is 23.6 Å². The number of fused-ring (bicyclic) bond motifs is 6. The number of nitrogens with one attached hydrogen (secondary N) is 1. The standard InChI is InChI=1S/C19H22FN9O8P2S2/c1-8-14-25-9-4-22-6-23-15(9)28(14)2-3-33-38(31,40)34-5-10-11(20)13(37-39(32,41)36-8)18(35-10)29-7-24-12-16(29)26-19(21)27-17(12)30/h4,6-8,10-11,13,18H,2-3,5H2,1H3,(H,31,40)(H,32,41)(H3,21,26,27,30)/t8-,10?,11-,13-,18-,38?,39?/m1/s1. The van der Waals surface area contributed by atoms with Gasteiger partial charge in [-0.2, -0.15) is 4.98 Å². The second-order valence-electron chi connectivity index (χ2n) is 9.02. The van der Waals surface area contributed by atoms with E-state index in [1.807, 2.05) is 0 Å². The number of anilines is 1. The number of ether oxygens (including phenoxy) is 1. The molecule has 3 unspecified atom stereocenters. The fourth-order valence-electron chi connectivity index (χ4n) is 4.60. The van der Waals surface area contributed by atoms with E-state index in [0.29, 0.717) is 11.2 Å². The van der Waals surface area contributed by atoms with Gasteiger partial charge >= 0.3 is 13.6 Å². The number of imidazole rings is 2. The van der Waals surface area contributed by atoms with Crippen molar-refractivity contribution in [3.05, 3.63) is 35.0 Å². The molecule has 0 spiro atoms. The number of nitrogens with two attached hydrogens (primary N) is 1. The van der Waals surface area contributed by atoms with Crippen molar-refractivity contribution in [1.29, 1.82) is 0 Å². The number of hydrogen-bond donors (Lipinski definition) is 4. The van der Waals surface area contributed by atoms with Gasteiger partial charge in [-0.15, -0.1) is 0 Å². The van der Waals surface area contributed by atoms with Crippen LogP contribution in [0.2, 0.25) is 0 Å². The Kier molecular flexibility index (Phi) is 7.49. The number of aromatic nitrogens is 8. The lowest BCUT2D eigenvalue weighted by molar-refractivity contribution is -0.0449. The summed E-state index contributed by atoms with van der Waals surface area (Å²) in [6.07, 6.45) is -3.61. The number of hydrogen-bond acceptors (Lipinski definition) is 14. The second-order valence-corrected chi connectivity index (χ2v) is 14.8. The van der Waals surface area contributed by atoms with Crippen LogP contribution in [0.3, 0.4) is 0 Å². The average molecular weight is 650 g/mol. The zero-order chi connectivity index (χ0) is 29.1. The molecule has 0 amide bonds. The van der Waals surface area contributed by atoms with E-state index in [-0.39, 0.29) is 36.1 Å². The summed E-state index contributed by atoms with van der Waals surface area (Å²) in [6.45, 7) is -7.54. The molecule has 0 aliphatic carbocycles. The molecule has 3 N–H and O–H groups in total. The quantitative estimate of drug-likeness (QED) is 0.172. The van der Waals surface area contributed by atoms with Crippen LogP contribution in [0.4, 0.5) is 10.3 Å².